The van der Waals surface area contributed by atoms with Crippen LogP contribution in [-0.4, -0.2) is 6.61 Å². The molecule has 1 unspecified atom stereocenters. The molecule has 0 N–H and O–H groups in total. The van der Waals surface area contributed by atoms with E-state index in [1.807, 2.05) is 19.9 Å². The lowest BCUT2D eigenvalue weighted by Crippen LogP contribution is -2.01. The molecule has 0 bridgehead atoms. The zero-order valence-corrected chi connectivity index (χ0v) is 10.2. The van der Waals surface area contributed by atoms with Gasteiger partial charge in [0, 0.05) is 0 Å². The van der Waals surface area contributed by atoms with E-state index in [2.05, 4.69) is 13.0 Å². The van der Waals surface area contributed by atoms with Crippen molar-refractivity contribution in [3.8, 4) is 5.75 Å². The third kappa shape index (κ3) is 3.69. The molecular weight excluding hydrogens is 203 g/mol. The van der Waals surface area contributed by atoms with Crippen LogP contribution in [0.1, 0.15) is 26.3 Å². The minimum absolute atomic E-state index is 0.203. The first-order valence-corrected chi connectivity index (χ1v) is 5.71. The second-order valence-electron chi connectivity index (χ2n) is 3.89. The molecule has 1 aromatic carbocycles. The first kappa shape index (κ1) is 12.8. The second kappa shape index (κ2) is 6.31. The van der Waals surface area contributed by atoms with Crippen molar-refractivity contribution in [2.45, 2.75) is 27.2 Å². The van der Waals surface area contributed by atoms with Crippen LogP contribution in [0.5, 0.6) is 5.75 Å². The summed E-state index contributed by atoms with van der Waals surface area (Å²) in [4.78, 5) is 0. The molecule has 16 heavy (non-hydrogen) atoms. The summed E-state index contributed by atoms with van der Waals surface area (Å²) in [6, 6.07) is 4.70. The molecule has 0 amide bonds. The maximum atomic E-state index is 13.2. The molecule has 0 heterocycles. The van der Waals surface area contributed by atoms with E-state index in [1.165, 1.54) is 6.07 Å². The van der Waals surface area contributed by atoms with Gasteiger partial charge in [0.15, 0.2) is 0 Å². The van der Waals surface area contributed by atoms with Crippen molar-refractivity contribution in [1.82, 2.24) is 0 Å². The Kier molecular flexibility index (Phi) is 5.03. The van der Waals surface area contributed by atoms with Gasteiger partial charge in [-0.25, -0.2) is 4.39 Å². The Morgan fingerprint density at radius 1 is 1.44 bits per heavy atom. The lowest BCUT2D eigenvalue weighted by molar-refractivity contribution is 0.334. The summed E-state index contributed by atoms with van der Waals surface area (Å²) in [5, 5.41) is 0. The summed E-state index contributed by atoms with van der Waals surface area (Å²) < 4.78 is 18.6. The molecule has 0 spiro atoms. The number of hydrogen-bond acceptors (Lipinski definition) is 1. The molecule has 0 aliphatic carbocycles. The molecule has 1 nitrogen and oxygen atoms in total. The fourth-order valence-corrected chi connectivity index (χ4v) is 1.75. The quantitative estimate of drug-likeness (QED) is 0.685. The van der Waals surface area contributed by atoms with Crippen molar-refractivity contribution in [3.63, 3.8) is 0 Å². The number of allylic oxidation sites excluding steroid dienone is 2. The molecule has 0 fully saturated rings. The van der Waals surface area contributed by atoms with Gasteiger partial charge in [-0.3, -0.25) is 0 Å². The molecule has 0 saturated carbocycles. The topological polar surface area (TPSA) is 9.23 Å². The maximum Gasteiger partial charge on any atom is 0.123 e. The first-order chi connectivity index (χ1) is 7.67. The highest BCUT2D eigenvalue weighted by Gasteiger charge is 2.08. The molecule has 1 atom stereocenters. The predicted octanol–water partition coefficient (Wildman–Crippen LogP) is 3.98. The Morgan fingerprint density at radius 2 is 2.19 bits per heavy atom. The van der Waals surface area contributed by atoms with Gasteiger partial charge in [-0.2, -0.15) is 0 Å². The number of ether oxygens (including phenoxy) is 1. The highest BCUT2D eigenvalue weighted by Crippen LogP contribution is 2.23. The lowest BCUT2D eigenvalue weighted by Gasteiger charge is -2.12. The number of benzene rings is 1. The molecular formula is C14H19FO. The van der Waals surface area contributed by atoms with Crippen LogP contribution >= 0.6 is 0 Å². The molecule has 0 aliphatic rings. The Balaban J connectivity index is 2.86. The van der Waals surface area contributed by atoms with E-state index in [4.69, 9.17) is 4.74 Å². The molecule has 0 aromatic heterocycles. The van der Waals surface area contributed by atoms with Crippen molar-refractivity contribution in [2.24, 2.45) is 5.92 Å². The van der Waals surface area contributed by atoms with E-state index >= 15 is 0 Å². The summed E-state index contributed by atoms with van der Waals surface area (Å²) in [7, 11) is 0. The van der Waals surface area contributed by atoms with Gasteiger partial charge in [0.1, 0.15) is 11.6 Å². The van der Waals surface area contributed by atoms with Gasteiger partial charge >= 0.3 is 0 Å². The standard InChI is InChI=1S/C14H19FO/c1-4-6-11(3)9-12-10-13(15)7-8-14(12)16-5-2/h4,6-8,10-11H,5,9H2,1-3H3/b6-4-. The maximum absolute atomic E-state index is 13.2. The Hall–Kier alpha value is -1.31. The average Bonchev–Trinajstić information content (AvgIpc) is 2.22. The van der Waals surface area contributed by atoms with Gasteiger partial charge in [0.25, 0.3) is 0 Å². The minimum Gasteiger partial charge on any atom is -0.494 e. The SMILES string of the molecule is C/C=C\C(C)Cc1cc(F)ccc1OCC. The van der Waals surface area contributed by atoms with Crippen LogP contribution < -0.4 is 4.74 Å². The van der Waals surface area contributed by atoms with Crippen molar-refractivity contribution in [2.75, 3.05) is 6.61 Å². The molecule has 2 heteroatoms. The van der Waals surface area contributed by atoms with Crippen LogP contribution in [0, 0.1) is 11.7 Å². The van der Waals surface area contributed by atoms with Gasteiger partial charge in [-0.1, -0.05) is 19.1 Å². The van der Waals surface area contributed by atoms with Gasteiger partial charge < -0.3 is 4.74 Å². The smallest absolute Gasteiger partial charge is 0.123 e. The predicted molar refractivity (Wildman–Crippen MR) is 65.3 cm³/mol. The van der Waals surface area contributed by atoms with Gasteiger partial charge in [0.2, 0.25) is 0 Å². The molecule has 0 saturated heterocycles. The van der Waals surface area contributed by atoms with Crippen molar-refractivity contribution < 1.29 is 9.13 Å². The summed E-state index contributed by atoms with van der Waals surface area (Å²) in [6.07, 6.45) is 4.93. The van der Waals surface area contributed by atoms with Gasteiger partial charge in [-0.15, -0.1) is 0 Å². The van der Waals surface area contributed by atoms with Crippen LogP contribution in [0.4, 0.5) is 4.39 Å². The van der Waals surface area contributed by atoms with E-state index in [-0.39, 0.29) is 5.82 Å². The van der Waals surface area contributed by atoms with Crippen molar-refractivity contribution in [1.29, 1.82) is 0 Å². The monoisotopic (exact) mass is 222 g/mol. The number of hydrogen-bond donors (Lipinski definition) is 0. The normalized spacial score (nSPS) is 13.0. The van der Waals surface area contributed by atoms with Crippen LogP contribution in [0.15, 0.2) is 30.4 Å². The molecule has 1 rings (SSSR count). The summed E-state index contributed by atoms with van der Waals surface area (Å²) in [5.74, 6) is 0.984. The summed E-state index contributed by atoms with van der Waals surface area (Å²) >= 11 is 0. The fraction of sp³-hybridized carbons (Fsp3) is 0.429. The van der Waals surface area contributed by atoms with Crippen molar-refractivity contribution in [3.05, 3.63) is 41.7 Å². The third-order valence-corrected chi connectivity index (χ3v) is 2.39. The average molecular weight is 222 g/mol. The zero-order valence-electron chi connectivity index (χ0n) is 10.2. The zero-order chi connectivity index (χ0) is 12.0. The molecule has 88 valence electrons. The first-order valence-electron chi connectivity index (χ1n) is 5.71. The van der Waals surface area contributed by atoms with Crippen LogP contribution in [-0.2, 0) is 6.42 Å². The van der Waals surface area contributed by atoms with E-state index in [9.17, 15) is 4.39 Å². The Bertz CT molecular complexity index is 358. The highest BCUT2D eigenvalue weighted by atomic mass is 19.1. The molecule has 0 aliphatic heterocycles. The summed E-state index contributed by atoms with van der Waals surface area (Å²) in [5.41, 5.74) is 0.937. The van der Waals surface area contributed by atoms with Crippen LogP contribution in [0.3, 0.4) is 0 Å². The molecule has 1 aromatic rings. The Labute approximate surface area is 96.9 Å². The van der Waals surface area contributed by atoms with Crippen molar-refractivity contribution >= 4 is 0 Å². The minimum atomic E-state index is -0.203. The third-order valence-electron chi connectivity index (χ3n) is 2.39. The van der Waals surface area contributed by atoms with E-state index < -0.39 is 0 Å². The summed E-state index contributed by atoms with van der Waals surface area (Å²) in [6.45, 7) is 6.64. The second-order valence-corrected chi connectivity index (χ2v) is 3.89. The largest absolute Gasteiger partial charge is 0.494 e. The van der Waals surface area contributed by atoms with Gasteiger partial charge in [0.05, 0.1) is 6.61 Å². The molecule has 0 radical (unpaired) electrons. The van der Waals surface area contributed by atoms with Gasteiger partial charge in [-0.05, 0) is 49.9 Å². The highest BCUT2D eigenvalue weighted by molar-refractivity contribution is 5.34. The fourth-order valence-electron chi connectivity index (χ4n) is 1.75. The van der Waals surface area contributed by atoms with E-state index in [0.717, 1.165) is 17.7 Å². The number of rotatable bonds is 5. The van der Waals surface area contributed by atoms with E-state index in [0.29, 0.717) is 12.5 Å². The lowest BCUT2D eigenvalue weighted by atomic mass is 10.00. The van der Waals surface area contributed by atoms with Crippen LogP contribution in [0.25, 0.3) is 0 Å². The van der Waals surface area contributed by atoms with Crippen LogP contribution in [0.2, 0.25) is 0 Å². The van der Waals surface area contributed by atoms with E-state index in [1.54, 1.807) is 12.1 Å². The number of halogens is 1. The Morgan fingerprint density at radius 3 is 2.81 bits per heavy atom.